The van der Waals surface area contributed by atoms with E-state index in [1.54, 1.807) is 6.92 Å². The van der Waals surface area contributed by atoms with Gasteiger partial charge in [-0.2, -0.15) is 5.10 Å². The first-order valence-electron chi connectivity index (χ1n) is 9.06. The first-order valence-corrected chi connectivity index (χ1v) is 9.88. The van der Waals surface area contributed by atoms with E-state index in [1.807, 2.05) is 6.92 Å². The average molecular weight is 438 g/mol. The summed E-state index contributed by atoms with van der Waals surface area (Å²) in [6.07, 6.45) is 1.70. The highest BCUT2D eigenvalue weighted by molar-refractivity contribution is 7.18. The van der Waals surface area contributed by atoms with E-state index in [0.717, 1.165) is 17.5 Å². The minimum Gasteiger partial charge on any atom is -0.465 e. The molecule has 0 saturated carbocycles. The number of rotatable bonds is 9. The van der Waals surface area contributed by atoms with Gasteiger partial charge in [-0.25, -0.2) is 9.59 Å². The van der Waals surface area contributed by atoms with E-state index >= 15 is 0 Å². The Bertz CT molecular complexity index is 980. The quantitative estimate of drug-likeness (QED) is 0.358. The number of nitro groups is 1. The van der Waals surface area contributed by atoms with Gasteiger partial charge in [0.05, 0.1) is 30.7 Å². The summed E-state index contributed by atoms with van der Waals surface area (Å²) in [6.45, 7) is 5.27. The van der Waals surface area contributed by atoms with Gasteiger partial charge in [0.25, 0.3) is 0 Å². The van der Waals surface area contributed by atoms with E-state index in [2.05, 4.69) is 10.4 Å². The Morgan fingerprint density at radius 2 is 2.00 bits per heavy atom. The molecule has 0 unspecified atom stereocenters. The van der Waals surface area contributed by atoms with E-state index in [-0.39, 0.29) is 40.7 Å². The number of aromatic nitrogens is 2. The van der Waals surface area contributed by atoms with Crippen LogP contribution < -0.4 is 5.32 Å². The van der Waals surface area contributed by atoms with Gasteiger partial charge in [-0.05, 0) is 25.8 Å². The van der Waals surface area contributed by atoms with Crippen molar-refractivity contribution in [3.63, 3.8) is 0 Å². The van der Waals surface area contributed by atoms with Gasteiger partial charge < -0.3 is 14.8 Å². The van der Waals surface area contributed by atoms with Crippen molar-refractivity contribution in [3.8, 4) is 0 Å². The van der Waals surface area contributed by atoms with Crippen molar-refractivity contribution in [3.05, 3.63) is 38.0 Å². The smallest absolute Gasteiger partial charge is 0.348 e. The number of ether oxygens (including phenoxy) is 2. The molecule has 0 aromatic carbocycles. The molecule has 0 spiro atoms. The topological polar surface area (TPSA) is 143 Å². The summed E-state index contributed by atoms with van der Waals surface area (Å²) in [6, 6.07) is 0. The van der Waals surface area contributed by atoms with Crippen LogP contribution in [0.5, 0.6) is 0 Å². The zero-order valence-electron chi connectivity index (χ0n) is 17.0. The van der Waals surface area contributed by atoms with Gasteiger partial charge in [0.15, 0.2) is 0 Å². The van der Waals surface area contributed by atoms with E-state index in [4.69, 9.17) is 9.47 Å². The molecule has 0 atom stereocenters. The standard InChI is InChI=1S/C18H22N4O7S/c1-5-8-29-17(24)14-10(2)15(18(25)28-4)30-16(14)20-13(23)6-7-21-11(3)12(9-19-21)22(26)27/h9H,5-8H2,1-4H3,(H,20,23). The molecule has 2 aromatic heterocycles. The van der Waals surface area contributed by atoms with Crippen molar-refractivity contribution in [2.24, 2.45) is 0 Å². The average Bonchev–Trinajstić information content (AvgIpc) is 3.23. The van der Waals surface area contributed by atoms with Crippen LogP contribution in [0.15, 0.2) is 6.20 Å². The molecule has 0 radical (unpaired) electrons. The van der Waals surface area contributed by atoms with Gasteiger partial charge >= 0.3 is 17.6 Å². The van der Waals surface area contributed by atoms with Crippen LogP contribution in [0.3, 0.4) is 0 Å². The Morgan fingerprint density at radius 3 is 2.57 bits per heavy atom. The van der Waals surface area contributed by atoms with Crippen LogP contribution >= 0.6 is 11.3 Å². The monoisotopic (exact) mass is 438 g/mol. The summed E-state index contributed by atoms with van der Waals surface area (Å²) in [4.78, 5) is 47.4. The maximum Gasteiger partial charge on any atom is 0.348 e. The summed E-state index contributed by atoms with van der Waals surface area (Å²) in [5.74, 6) is -1.72. The second-order valence-electron chi connectivity index (χ2n) is 6.28. The number of hydrogen-bond acceptors (Lipinski definition) is 9. The molecule has 0 aliphatic heterocycles. The minimum absolute atomic E-state index is 0.0480. The maximum absolute atomic E-state index is 12.4. The summed E-state index contributed by atoms with van der Waals surface area (Å²) >= 11 is 0.923. The molecule has 1 N–H and O–H groups in total. The van der Waals surface area contributed by atoms with E-state index in [1.165, 1.54) is 18.7 Å². The molecule has 11 nitrogen and oxygen atoms in total. The predicted molar refractivity (Wildman–Crippen MR) is 108 cm³/mol. The van der Waals surface area contributed by atoms with Gasteiger partial charge in [-0.3, -0.25) is 19.6 Å². The number of carbonyl (C=O) groups is 3. The van der Waals surface area contributed by atoms with Crippen LogP contribution in [0.1, 0.15) is 51.1 Å². The number of amides is 1. The molecule has 162 valence electrons. The number of hydrogen-bond donors (Lipinski definition) is 1. The lowest BCUT2D eigenvalue weighted by molar-refractivity contribution is -0.385. The number of thiophene rings is 1. The van der Waals surface area contributed by atoms with Crippen LogP contribution in [0.25, 0.3) is 0 Å². The minimum atomic E-state index is -0.644. The number of nitrogens with zero attached hydrogens (tertiary/aromatic N) is 3. The van der Waals surface area contributed by atoms with Crippen molar-refractivity contribution in [1.29, 1.82) is 0 Å². The molecule has 2 heterocycles. The number of aryl methyl sites for hydroxylation is 1. The predicted octanol–water partition coefficient (Wildman–Crippen LogP) is 2.85. The van der Waals surface area contributed by atoms with Crippen LogP contribution in [-0.4, -0.2) is 46.3 Å². The first-order chi connectivity index (χ1) is 14.2. The number of esters is 2. The third-order valence-corrected chi connectivity index (χ3v) is 5.42. The lowest BCUT2D eigenvalue weighted by atomic mass is 10.1. The molecule has 2 rings (SSSR count). The molecule has 0 fully saturated rings. The molecule has 0 aliphatic rings. The maximum atomic E-state index is 12.4. The summed E-state index contributed by atoms with van der Waals surface area (Å²) < 4.78 is 11.2. The number of nitrogens with one attached hydrogen (secondary N) is 1. The third kappa shape index (κ3) is 5.00. The molecule has 2 aromatic rings. The fourth-order valence-electron chi connectivity index (χ4n) is 2.64. The highest BCUT2D eigenvalue weighted by Crippen LogP contribution is 2.34. The Hall–Kier alpha value is -3.28. The lowest BCUT2D eigenvalue weighted by Gasteiger charge is -2.08. The SMILES string of the molecule is CCCOC(=O)c1c(NC(=O)CCn2ncc([N+](=O)[O-])c2C)sc(C(=O)OC)c1C. The van der Waals surface area contributed by atoms with Crippen molar-refractivity contribution < 1.29 is 28.8 Å². The van der Waals surface area contributed by atoms with E-state index in [0.29, 0.717) is 17.7 Å². The molecule has 0 aliphatic carbocycles. The van der Waals surface area contributed by atoms with Crippen LogP contribution in [-0.2, 0) is 20.8 Å². The van der Waals surface area contributed by atoms with Gasteiger partial charge in [0, 0.05) is 6.42 Å². The third-order valence-electron chi connectivity index (χ3n) is 4.24. The van der Waals surface area contributed by atoms with E-state index in [9.17, 15) is 24.5 Å². The van der Waals surface area contributed by atoms with Gasteiger partial charge in [-0.15, -0.1) is 11.3 Å². The molecular weight excluding hydrogens is 416 g/mol. The second kappa shape index (κ2) is 9.96. The molecule has 1 amide bonds. The molecule has 30 heavy (non-hydrogen) atoms. The molecular formula is C18H22N4O7S. The summed E-state index contributed by atoms with van der Waals surface area (Å²) in [7, 11) is 1.22. The molecule has 0 saturated heterocycles. The Kier molecular flexibility index (Phi) is 7.64. The van der Waals surface area contributed by atoms with Gasteiger partial charge in [0.2, 0.25) is 5.91 Å². The fraction of sp³-hybridized carbons (Fsp3) is 0.444. The number of anilines is 1. The number of carbonyl (C=O) groups excluding carboxylic acids is 3. The van der Waals surface area contributed by atoms with Crippen LogP contribution in [0, 0.1) is 24.0 Å². The van der Waals surface area contributed by atoms with Crippen molar-refractivity contribution in [1.82, 2.24) is 9.78 Å². The fourth-order valence-corrected chi connectivity index (χ4v) is 3.77. The Balaban J connectivity index is 2.19. The largest absolute Gasteiger partial charge is 0.465 e. The van der Waals surface area contributed by atoms with Gasteiger partial charge in [0.1, 0.15) is 21.8 Å². The van der Waals surface area contributed by atoms with Gasteiger partial charge in [-0.1, -0.05) is 6.92 Å². The summed E-state index contributed by atoms with van der Waals surface area (Å²) in [5, 5.41) is 17.6. The highest BCUT2D eigenvalue weighted by atomic mass is 32.1. The zero-order chi connectivity index (χ0) is 22.4. The van der Waals surface area contributed by atoms with Crippen molar-refractivity contribution >= 4 is 39.9 Å². The Morgan fingerprint density at radius 1 is 1.30 bits per heavy atom. The zero-order valence-corrected chi connectivity index (χ0v) is 17.8. The normalized spacial score (nSPS) is 10.5. The van der Waals surface area contributed by atoms with E-state index < -0.39 is 22.8 Å². The Labute approximate surface area is 176 Å². The first kappa shape index (κ1) is 23.0. The van der Waals surface area contributed by atoms with Crippen molar-refractivity contribution in [2.75, 3.05) is 19.0 Å². The van der Waals surface area contributed by atoms with Crippen LogP contribution in [0.4, 0.5) is 10.7 Å². The summed E-state index contributed by atoms with van der Waals surface area (Å²) in [5.41, 5.74) is 0.666. The lowest BCUT2D eigenvalue weighted by Crippen LogP contribution is -2.17. The molecule has 0 bridgehead atoms. The second-order valence-corrected chi connectivity index (χ2v) is 7.30. The van der Waals surface area contributed by atoms with Crippen LogP contribution in [0.2, 0.25) is 0 Å². The molecule has 12 heteroatoms. The van der Waals surface area contributed by atoms with Crippen molar-refractivity contribution in [2.45, 2.75) is 40.2 Å². The number of methoxy groups -OCH3 is 1. The highest BCUT2D eigenvalue weighted by Gasteiger charge is 2.27.